The Morgan fingerprint density at radius 3 is 2.61 bits per heavy atom. The van der Waals surface area contributed by atoms with E-state index in [1.807, 2.05) is 42.5 Å². The lowest BCUT2D eigenvalue weighted by atomic mass is 9.97. The fraction of sp³-hybridized carbons (Fsp3) is 0.318. The number of nitrogens with zero attached hydrogens (tertiary/aromatic N) is 1. The van der Waals surface area contributed by atoms with Crippen molar-refractivity contribution >= 4 is 28.5 Å². The molecular formula is C22H24N2O4. The quantitative estimate of drug-likeness (QED) is 0.612. The van der Waals surface area contributed by atoms with Crippen LogP contribution in [0.4, 0.5) is 5.69 Å². The second-order valence-electron chi connectivity index (χ2n) is 6.82. The molecule has 0 unspecified atom stereocenters. The summed E-state index contributed by atoms with van der Waals surface area (Å²) in [6.45, 7) is 5.76. The molecule has 3 rings (SSSR count). The first kappa shape index (κ1) is 19.6. The lowest BCUT2D eigenvalue weighted by Crippen LogP contribution is -2.31. The van der Waals surface area contributed by atoms with E-state index in [4.69, 9.17) is 9.26 Å². The lowest BCUT2D eigenvalue weighted by Gasteiger charge is -2.18. The summed E-state index contributed by atoms with van der Waals surface area (Å²) < 4.78 is 10.5. The number of esters is 1. The number of hydrogen-bond donors (Lipinski definition) is 1. The first-order valence-corrected chi connectivity index (χ1v) is 9.42. The topological polar surface area (TPSA) is 81.4 Å². The summed E-state index contributed by atoms with van der Waals surface area (Å²) >= 11 is 0. The van der Waals surface area contributed by atoms with Gasteiger partial charge >= 0.3 is 5.97 Å². The molecule has 6 nitrogen and oxygen atoms in total. The Balaban J connectivity index is 1.62. The van der Waals surface area contributed by atoms with Gasteiger partial charge in [-0.1, -0.05) is 49.3 Å². The van der Waals surface area contributed by atoms with Crippen LogP contribution in [0.5, 0.6) is 0 Å². The minimum absolute atomic E-state index is 0.0575. The van der Waals surface area contributed by atoms with Crippen molar-refractivity contribution in [2.45, 2.75) is 45.6 Å². The molecule has 0 saturated carbocycles. The maximum atomic E-state index is 12.5. The number of fused-ring (bicyclic) bond motifs is 1. The monoisotopic (exact) mass is 380 g/mol. The summed E-state index contributed by atoms with van der Waals surface area (Å²) in [5.74, 6) is -0.583. The number of benzene rings is 2. The number of anilines is 1. The van der Waals surface area contributed by atoms with E-state index in [-0.39, 0.29) is 12.3 Å². The van der Waals surface area contributed by atoms with Gasteiger partial charge in [-0.25, -0.2) is 0 Å². The number of aromatic nitrogens is 1. The average Bonchev–Trinajstić information content (AvgIpc) is 3.10. The Kier molecular flexibility index (Phi) is 6.09. The Morgan fingerprint density at radius 2 is 1.82 bits per heavy atom. The van der Waals surface area contributed by atoms with Gasteiger partial charge in [0.25, 0.3) is 5.91 Å². The molecule has 0 spiro atoms. The predicted molar refractivity (Wildman–Crippen MR) is 107 cm³/mol. The fourth-order valence-corrected chi connectivity index (χ4v) is 2.99. The second kappa shape index (κ2) is 8.69. The molecule has 6 heteroatoms. The number of ether oxygens (including phenoxy) is 1. The number of amides is 1. The molecule has 0 aliphatic carbocycles. The zero-order chi connectivity index (χ0) is 20.1. The van der Waals surface area contributed by atoms with Gasteiger partial charge in [-0.3, -0.25) is 9.59 Å². The van der Waals surface area contributed by atoms with Crippen molar-refractivity contribution in [1.29, 1.82) is 0 Å². The first-order valence-electron chi connectivity index (χ1n) is 9.42. The van der Waals surface area contributed by atoms with E-state index in [9.17, 15) is 9.59 Å². The molecule has 0 aliphatic rings. The van der Waals surface area contributed by atoms with Gasteiger partial charge in [0.2, 0.25) is 0 Å². The lowest BCUT2D eigenvalue weighted by molar-refractivity contribution is -0.152. The van der Waals surface area contributed by atoms with E-state index in [1.165, 1.54) is 0 Å². The minimum Gasteiger partial charge on any atom is -0.452 e. The van der Waals surface area contributed by atoms with Crippen LogP contribution < -0.4 is 5.32 Å². The molecule has 1 aromatic heterocycles. The fourth-order valence-electron chi connectivity index (χ4n) is 2.99. The Hall–Kier alpha value is -3.15. The summed E-state index contributed by atoms with van der Waals surface area (Å²) in [7, 11) is 0. The molecule has 1 N–H and O–H groups in total. The highest BCUT2D eigenvalue weighted by atomic mass is 16.5. The van der Waals surface area contributed by atoms with Crippen LogP contribution in [0.2, 0.25) is 0 Å². The number of para-hydroxylation sites is 2. The molecule has 0 fully saturated rings. The van der Waals surface area contributed by atoms with E-state index >= 15 is 0 Å². The smallest absolute Gasteiger partial charge is 0.312 e. The van der Waals surface area contributed by atoms with Gasteiger partial charge in [-0.15, -0.1) is 0 Å². The molecule has 28 heavy (non-hydrogen) atoms. The number of hydrogen-bond acceptors (Lipinski definition) is 5. The highest BCUT2D eigenvalue weighted by molar-refractivity contribution is 5.96. The van der Waals surface area contributed by atoms with Crippen LogP contribution in [0.15, 0.2) is 53.1 Å². The molecule has 2 aromatic carbocycles. The molecule has 1 amide bonds. The largest absolute Gasteiger partial charge is 0.452 e. The average molecular weight is 380 g/mol. The standard InChI is InChI=1S/C22H24N2O4/c1-4-14(2)16-9-5-7-11-18(16)23-22(26)15(3)27-21(25)13-19-17-10-6-8-12-20(17)28-24-19/h5-12,14-15H,4,13H2,1-3H3,(H,23,26)/t14-,15-/m1/s1. The van der Waals surface area contributed by atoms with Crippen LogP contribution >= 0.6 is 0 Å². The number of carbonyl (C=O) groups is 2. The van der Waals surface area contributed by atoms with E-state index in [2.05, 4.69) is 24.3 Å². The molecular weight excluding hydrogens is 356 g/mol. The molecule has 0 aliphatic heterocycles. The third-order valence-electron chi connectivity index (χ3n) is 4.80. The molecule has 146 valence electrons. The normalized spacial score (nSPS) is 13.1. The van der Waals surface area contributed by atoms with E-state index < -0.39 is 12.1 Å². The first-order chi connectivity index (χ1) is 13.5. The van der Waals surface area contributed by atoms with Gasteiger partial charge in [0.1, 0.15) is 5.69 Å². The van der Waals surface area contributed by atoms with Gasteiger partial charge < -0.3 is 14.6 Å². The van der Waals surface area contributed by atoms with Gasteiger partial charge in [0.05, 0.1) is 6.42 Å². The Morgan fingerprint density at radius 1 is 1.11 bits per heavy atom. The highest BCUT2D eigenvalue weighted by Crippen LogP contribution is 2.26. The van der Waals surface area contributed by atoms with Crippen molar-refractivity contribution < 1.29 is 18.8 Å². The molecule has 0 saturated heterocycles. The minimum atomic E-state index is -0.921. The summed E-state index contributed by atoms with van der Waals surface area (Å²) in [4.78, 5) is 24.8. The molecule has 0 bridgehead atoms. The maximum Gasteiger partial charge on any atom is 0.312 e. The van der Waals surface area contributed by atoms with Gasteiger partial charge in [0, 0.05) is 11.1 Å². The zero-order valence-electron chi connectivity index (χ0n) is 16.3. The molecule has 0 radical (unpaired) electrons. The van der Waals surface area contributed by atoms with Crippen LogP contribution in [0.3, 0.4) is 0 Å². The van der Waals surface area contributed by atoms with Crippen LogP contribution in [0.25, 0.3) is 11.0 Å². The second-order valence-corrected chi connectivity index (χ2v) is 6.82. The van der Waals surface area contributed by atoms with Crippen molar-refractivity contribution in [2.75, 3.05) is 5.32 Å². The van der Waals surface area contributed by atoms with Crippen molar-refractivity contribution in [3.8, 4) is 0 Å². The van der Waals surface area contributed by atoms with Gasteiger partial charge in [-0.05, 0) is 43.0 Å². The van der Waals surface area contributed by atoms with Gasteiger partial charge in [0.15, 0.2) is 11.7 Å². The molecule has 3 aromatic rings. The van der Waals surface area contributed by atoms with E-state index in [1.54, 1.807) is 13.0 Å². The highest BCUT2D eigenvalue weighted by Gasteiger charge is 2.21. The Labute approximate surface area is 163 Å². The Bertz CT molecular complexity index is 979. The summed E-state index contributed by atoms with van der Waals surface area (Å²) in [5, 5.41) is 7.55. The summed E-state index contributed by atoms with van der Waals surface area (Å²) in [6, 6.07) is 15.0. The number of rotatable bonds is 7. The van der Waals surface area contributed by atoms with Crippen LogP contribution in [-0.4, -0.2) is 23.1 Å². The summed E-state index contributed by atoms with van der Waals surface area (Å²) in [6.07, 6.45) is -0.0168. The SMILES string of the molecule is CC[C@@H](C)c1ccccc1NC(=O)[C@@H](C)OC(=O)Cc1noc2ccccc12. The van der Waals surface area contributed by atoms with Crippen molar-refractivity contribution in [3.63, 3.8) is 0 Å². The third kappa shape index (κ3) is 4.39. The van der Waals surface area contributed by atoms with Crippen molar-refractivity contribution in [2.24, 2.45) is 0 Å². The zero-order valence-corrected chi connectivity index (χ0v) is 16.3. The van der Waals surface area contributed by atoms with Gasteiger partial charge in [-0.2, -0.15) is 0 Å². The predicted octanol–water partition coefficient (Wildman–Crippen LogP) is 4.45. The maximum absolute atomic E-state index is 12.5. The van der Waals surface area contributed by atoms with Crippen LogP contribution in [0.1, 0.15) is 44.4 Å². The number of nitrogens with one attached hydrogen (secondary N) is 1. The van der Waals surface area contributed by atoms with Crippen molar-refractivity contribution in [1.82, 2.24) is 5.16 Å². The van der Waals surface area contributed by atoms with E-state index in [0.717, 1.165) is 23.1 Å². The van der Waals surface area contributed by atoms with Crippen LogP contribution in [0, 0.1) is 0 Å². The molecule has 2 atom stereocenters. The van der Waals surface area contributed by atoms with E-state index in [0.29, 0.717) is 17.2 Å². The summed E-state index contributed by atoms with van der Waals surface area (Å²) in [5.41, 5.74) is 2.91. The third-order valence-corrected chi connectivity index (χ3v) is 4.80. The number of carbonyl (C=O) groups excluding carboxylic acids is 2. The van der Waals surface area contributed by atoms with Crippen LogP contribution in [-0.2, 0) is 20.7 Å². The molecule has 1 heterocycles. The van der Waals surface area contributed by atoms with Crippen molar-refractivity contribution in [3.05, 3.63) is 59.8 Å².